The quantitative estimate of drug-likeness (QED) is 0.0857. The van der Waals surface area contributed by atoms with E-state index in [-0.39, 0.29) is 0 Å². The number of rotatable bonds is 7. The minimum absolute atomic E-state index is 1.17. The molecule has 0 aliphatic heterocycles. The third-order valence-electron chi connectivity index (χ3n) is 15.2. The van der Waals surface area contributed by atoms with E-state index in [9.17, 15) is 0 Å². The van der Waals surface area contributed by atoms with E-state index < -0.39 is 8.07 Å². The van der Waals surface area contributed by atoms with Crippen LogP contribution in [-0.4, -0.2) is 17.2 Å². The number of hydrogen-bond donors (Lipinski definition) is 0. The van der Waals surface area contributed by atoms with Gasteiger partial charge in [0.1, 0.15) is 0 Å². The summed E-state index contributed by atoms with van der Waals surface area (Å²) < 4.78 is 4.91. The predicted octanol–water partition coefficient (Wildman–Crippen LogP) is 14.1. The summed E-state index contributed by atoms with van der Waals surface area (Å²) >= 11 is 0. The van der Waals surface area contributed by atoms with Gasteiger partial charge in [-0.15, -0.1) is 0 Å². The van der Waals surface area contributed by atoms with Crippen molar-refractivity contribution in [3.8, 4) is 22.5 Å². The van der Waals surface area contributed by atoms with Crippen molar-refractivity contribution in [2.45, 2.75) is 0 Å². The zero-order chi connectivity index (χ0) is 45.5. The molecule has 0 saturated carbocycles. The van der Waals surface area contributed by atoms with Gasteiger partial charge in [-0.1, -0.05) is 42.5 Å². The van der Waals surface area contributed by atoms with Crippen LogP contribution in [-0.2, 0) is 0 Å². The van der Waals surface area contributed by atoms with E-state index in [0.717, 1.165) is 0 Å². The molecule has 0 saturated heterocycles. The minimum Gasteiger partial charge on any atom is -0.0602 e. The number of hydrogen-bond acceptors (Lipinski definition) is 0. The van der Waals surface area contributed by atoms with Gasteiger partial charge in [0.05, 0.1) is 11.0 Å². The van der Waals surface area contributed by atoms with Crippen LogP contribution in [0.1, 0.15) is 0 Å². The van der Waals surface area contributed by atoms with Crippen LogP contribution in [0.2, 0.25) is 0 Å². The molecule has 2 aromatic heterocycles. The molecule has 0 radical (unpaired) electrons. The summed E-state index contributed by atoms with van der Waals surface area (Å²) in [5, 5.41) is 18.2. The topological polar surface area (TPSA) is 9.86 Å². The van der Waals surface area contributed by atoms with Crippen LogP contribution in [0.5, 0.6) is 0 Å². The van der Waals surface area contributed by atoms with Crippen LogP contribution < -0.4 is 20.7 Å². The molecule has 0 atom stereocenters. The van der Waals surface area contributed by atoms with Crippen LogP contribution in [0.25, 0.3) is 98.4 Å². The largest absolute Gasteiger partial charge is 0.0602 e. The Morgan fingerprint density at radius 1 is 0.232 bits per heavy atom. The first kappa shape index (κ1) is 39.4. The Kier molecular flexibility index (Phi) is 8.95. The molecule has 3 heteroatoms. The standard InChI is InChI=1S/C66H45N2Si/c1-5-20-47(21-6-1)67-61-33-17-15-29-54(61)59-42-45(36-40-63(59)67)46-37-41-64-60(43-46)55-30-16-18-34-62(55)68(64)65-35-19-32-57-58-44-51(38-39-53(58)52-28-13-14-31-56(52)66(57)65)69(48-22-7-2-8-23-48,49-24-9-3-10-25-49)50-26-11-4-12-27-50/h1-44,69H/q-1. The molecule has 14 aromatic rings. The fraction of sp³-hybridized carbons (Fsp3) is 0. The molecule has 324 valence electrons. The van der Waals surface area contributed by atoms with Gasteiger partial charge in [-0.05, 0) is 30.3 Å². The average Bonchev–Trinajstić information content (AvgIpc) is 3.94. The van der Waals surface area contributed by atoms with Gasteiger partial charge in [0.2, 0.25) is 0 Å². The molecule has 12 aromatic carbocycles. The molecular formula is C66H45N2Si-. The smallest absolute Gasteiger partial charge is 0.0541 e. The van der Waals surface area contributed by atoms with E-state index in [1.54, 1.807) is 0 Å². The Labute approximate surface area is 401 Å². The Morgan fingerprint density at radius 3 is 1.23 bits per heavy atom. The first-order valence-corrected chi connectivity index (χ1v) is 26.4. The second-order valence-electron chi connectivity index (χ2n) is 18.7. The van der Waals surface area contributed by atoms with Crippen molar-refractivity contribution in [1.29, 1.82) is 0 Å². The third-order valence-corrected chi connectivity index (χ3v) is 20.7. The SMILES string of the molecule is c1ccc(-n2c3ccccc3c3cc(-c4ccc5c(c4)c4ccccc4n5-c4cccc5c6cc([SiH-](c7ccccc7)(c7ccccc7)c7ccccc7)ccc6c6ccccc6c45)ccc32)cc1. The summed E-state index contributed by atoms with van der Waals surface area (Å²) in [6, 6.07) is 99.8. The number of aromatic nitrogens is 2. The van der Waals surface area contributed by atoms with Crippen LogP contribution >= 0.6 is 0 Å². The van der Waals surface area contributed by atoms with Crippen molar-refractivity contribution >= 4 is 105 Å². The van der Waals surface area contributed by atoms with Gasteiger partial charge in [-0.2, -0.15) is 0 Å². The summed E-state index contributed by atoms with van der Waals surface area (Å²) in [6.07, 6.45) is 0. The molecule has 2 heterocycles. The fourth-order valence-corrected chi connectivity index (χ4v) is 17.8. The Hall–Kier alpha value is -8.76. The van der Waals surface area contributed by atoms with E-state index in [4.69, 9.17) is 0 Å². The molecule has 69 heavy (non-hydrogen) atoms. The first-order valence-electron chi connectivity index (χ1n) is 24.1. The van der Waals surface area contributed by atoms with E-state index in [0.29, 0.717) is 0 Å². The van der Waals surface area contributed by atoms with Crippen molar-refractivity contribution < 1.29 is 0 Å². The molecule has 0 aliphatic rings. The molecule has 0 spiro atoms. The number of para-hydroxylation sites is 3. The zero-order valence-electron chi connectivity index (χ0n) is 37.9. The number of fused-ring (bicyclic) bond motifs is 12. The number of benzene rings is 12. The molecule has 2 nitrogen and oxygen atoms in total. The van der Waals surface area contributed by atoms with Gasteiger partial charge >= 0.3 is 298 Å². The monoisotopic (exact) mass is 893 g/mol. The Morgan fingerprint density at radius 2 is 0.652 bits per heavy atom. The van der Waals surface area contributed by atoms with Gasteiger partial charge in [-0.3, -0.25) is 0 Å². The van der Waals surface area contributed by atoms with Gasteiger partial charge < -0.3 is 4.57 Å². The second kappa shape index (κ2) is 15.7. The molecule has 0 amide bonds. The molecule has 0 unspecified atom stereocenters. The Bertz CT molecular complexity index is 4190. The molecule has 0 aliphatic carbocycles. The summed E-state index contributed by atoms with van der Waals surface area (Å²) in [5.74, 6) is 0. The molecule has 0 fully saturated rings. The Balaban J connectivity index is 1.01. The summed E-state index contributed by atoms with van der Waals surface area (Å²) in [7, 11) is -3.24. The van der Waals surface area contributed by atoms with E-state index in [2.05, 4.69) is 276 Å². The van der Waals surface area contributed by atoms with Crippen molar-refractivity contribution in [2.75, 3.05) is 0 Å². The van der Waals surface area contributed by atoms with Crippen LogP contribution in [0, 0.1) is 0 Å². The van der Waals surface area contributed by atoms with E-state index in [1.807, 2.05) is 0 Å². The normalized spacial score (nSPS) is 12.3. The van der Waals surface area contributed by atoms with E-state index >= 15 is 0 Å². The average molecular weight is 894 g/mol. The molecule has 0 bridgehead atoms. The van der Waals surface area contributed by atoms with Crippen LogP contribution in [0.4, 0.5) is 0 Å². The maximum absolute atomic E-state index is 3.24. The van der Waals surface area contributed by atoms with Gasteiger partial charge in [0, 0.05) is 16.5 Å². The fourth-order valence-electron chi connectivity index (χ4n) is 12.3. The van der Waals surface area contributed by atoms with Crippen LogP contribution in [0.3, 0.4) is 0 Å². The maximum Gasteiger partial charge on any atom is 0.0541 e. The molecular weight excluding hydrogens is 849 g/mol. The van der Waals surface area contributed by atoms with Gasteiger partial charge in [-0.25, -0.2) is 0 Å². The number of nitrogens with zero attached hydrogens (tertiary/aromatic N) is 2. The third kappa shape index (κ3) is 5.91. The van der Waals surface area contributed by atoms with Gasteiger partial charge in [0.25, 0.3) is 0 Å². The first-order chi connectivity index (χ1) is 34.3. The summed E-state index contributed by atoms with van der Waals surface area (Å²) in [6.45, 7) is 0. The summed E-state index contributed by atoms with van der Waals surface area (Å²) in [5.41, 5.74) is 9.57. The van der Waals surface area contributed by atoms with Crippen LogP contribution in [0.15, 0.2) is 267 Å². The van der Waals surface area contributed by atoms with Crippen molar-refractivity contribution in [3.05, 3.63) is 267 Å². The zero-order valence-corrected chi connectivity index (χ0v) is 39.0. The minimum atomic E-state index is -3.24. The molecule has 14 rings (SSSR count). The summed E-state index contributed by atoms with van der Waals surface area (Å²) in [4.78, 5) is 0. The van der Waals surface area contributed by atoms with Crippen molar-refractivity contribution in [3.63, 3.8) is 0 Å². The molecule has 0 N–H and O–H groups in total. The second-order valence-corrected chi connectivity index (χ2v) is 23.1. The van der Waals surface area contributed by atoms with Crippen molar-refractivity contribution in [2.24, 2.45) is 0 Å². The predicted molar refractivity (Wildman–Crippen MR) is 298 cm³/mol. The van der Waals surface area contributed by atoms with Crippen molar-refractivity contribution in [1.82, 2.24) is 9.13 Å². The maximum atomic E-state index is 2.57. The van der Waals surface area contributed by atoms with E-state index in [1.165, 1.54) is 119 Å². The van der Waals surface area contributed by atoms with Gasteiger partial charge in [0.15, 0.2) is 0 Å².